The number of benzene rings is 1. The number of nitro groups is 1. The molecular formula is C17H22N2O7. The van der Waals surface area contributed by atoms with E-state index in [0.29, 0.717) is 6.61 Å². The number of hydrogen-bond acceptors (Lipinski definition) is 6. The summed E-state index contributed by atoms with van der Waals surface area (Å²) in [6.45, 7) is 5.28. The van der Waals surface area contributed by atoms with Gasteiger partial charge in [-0.3, -0.25) is 14.9 Å². The van der Waals surface area contributed by atoms with Gasteiger partial charge in [0.1, 0.15) is 11.3 Å². The van der Waals surface area contributed by atoms with Crippen LogP contribution in [-0.2, 0) is 14.3 Å². The summed E-state index contributed by atoms with van der Waals surface area (Å²) in [5, 5.41) is 22.9. The number of rotatable bonds is 8. The van der Waals surface area contributed by atoms with Gasteiger partial charge in [0.2, 0.25) is 0 Å². The summed E-state index contributed by atoms with van der Waals surface area (Å²) in [6, 6.07) is 5.41. The molecule has 0 aliphatic heterocycles. The average molecular weight is 366 g/mol. The summed E-state index contributed by atoms with van der Waals surface area (Å²) < 4.78 is 10.8. The summed E-state index contributed by atoms with van der Waals surface area (Å²) >= 11 is 0. The van der Waals surface area contributed by atoms with E-state index >= 15 is 0 Å². The number of aliphatic carboxylic acids is 1. The van der Waals surface area contributed by atoms with Crippen molar-refractivity contribution in [2.24, 2.45) is 5.41 Å². The second-order valence-electron chi connectivity index (χ2n) is 6.67. The standard InChI is InChI=1S/C17H22N2O7/c1-4-25-13-9-17(15(21)22,16(13,2)3)18-14(20)10-26-12-7-5-6-11(8-12)19(23)24/h5-8,13H,4,9-10H2,1-3H3,(H,18,20)(H,21,22). The second kappa shape index (κ2) is 7.28. The van der Waals surface area contributed by atoms with Gasteiger partial charge in [-0.25, -0.2) is 4.79 Å². The number of amides is 1. The molecule has 1 aromatic rings. The molecule has 2 atom stereocenters. The van der Waals surface area contributed by atoms with Crippen molar-refractivity contribution in [3.63, 3.8) is 0 Å². The number of nitrogens with zero attached hydrogens (tertiary/aromatic N) is 1. The summed E-state index contributed by atoms with van der Waals surface area (Å²) in [6.07, 6.45) is -0.118. The van der Waals surface area contributed by atoms with Crippen LogP contribution in [0, 0.1) is 15.5 Å². The lowest BCUT2D eigenvalue weighted by Gasteiger charge is -2.58. The van der Waals surface area contributed by atoms with Crippen molar-refractivity contribution in [3.8, 4) is 5.75 Å². The van der Waals surface area contributed by atoms with Gasteiger partial charge in [-0.15, -0.1) is 0 Å². The minimum absolute atomic E-state index is 0.152. The van der Waals surface area contributed by atoms with Crippen LogP contribution in [0.15, 0.2) is 24.3 Å². The van der Waals surface area contributed by atoms with Crippen molar-refractivity contribution in [3.05, 3.63) is 34.4 Å². The van der Waals surface area contributed by atoms with Crippen LogP contribution in [0.5, 0.6) is 5.75 Å². The van der Waals surface area contributed by atoms with Crippen molar-refractivity contribution in [1.29, 1.82) is 0 Å². The fourth-order valence-electron chi connectivity index (χ4n) is 3.15. The van der Waals surface area contributed by atoms with Gasteiger partial charge in [-0.2, -0.15) is 0 Å². The van der Waals surface area contributed by atoms with Gasteiger partial charge < -0.3 is 19.9 Å². The Kier molecular flexibility index (Phi) is 5.50. The summed E-state index contributed by atoms with van der Waals surface area (Å²) in [4.78, 5) is 34.2. The van der Waals surface area contributed by atoms with Crippen LogP contribution < -0.4 is 10.1 Å². The maximum absolute atomic E-state index is 12.2. The molecule has 1 amide bonds. The summed E-state index contributed by atoms with van der Waals surface area (Å²) in [7, 11) is 0. The molecule has 2 N–H and O–H groups in total. The van der Waals surface area contributed by atoms with Crippen LogP contribution in [-0.4, -0.2) is 46.8 Å². The normalized spacial score (nSPS) is 23.6. The Morgan fingerprint density at radius 1 is 1.42 bits per heavy atom. The predicted molar refractivity (Wildman–Crippen MR) is 90.9 cm³/mol. The first-order valence-electron chi connectivity index (χ1n) is 8.17. The maximum atomic E-state index is 12.2. The molecule has 0 radical (unpaired) electrons. The molecule has 1 saturated carbocycles. The lowest BCUT2D eigenvalue weighted by Crippen LogP contribution is -2.76. The number of nitro benzene ring substituents is 1. The number of carbonyl (C=O) groups excluding carboxylic acids is 1. The van der Waals surface area contributed by atoms with Gasteiger partial charge in [0, 0.05) is 24.5 Å². The Labute approximate surface area is 150 Å². The van der Waals surface area contributed by atoms with E-state index in [9.17, 15) is 24.8 Å². The fourth-order valence-corrected chi connectivity index (χ4v) is 3.15. The topological polar surface area (TPSA) is 128 Å². The third-order valence-corrected chi connectivity index (χ3v) is 4.88. The van der Waals surface area contributed by atoms with Crippen LogP contribution in [0.2, 0.25) is 0 Å². The van der Waals surface area contributed by atoms with Crippen molar-refractivity contribution in [2.75, 3.05) is 13.2 Å². The largest absolute Gasteiger partial charge is 0.484 e. The molecule has 0 bridgehead atoms. The van der Waals surface area contributed by atoms with E-state index in [1.165, 1.54) is 24.3 Å². The van der Waals surface area contributed by atoms with Crippen LogP contribution in [0.3, 0.4) is 0 Å². The molecular weight excluding hydrogens is 344 g/mol. The minimum Gasteiger partial charge on any atom is -0.484 e. The number of carboxylic acid groups (broad SMARTS) is 1. The van der Waals surface area contributed by atoms with E-state index in [-0.39, 0.29) is 24.0 Å². The van der Waals surface area contributed by atoms with Gasteiger partial charge >= 0.3 is 5.97 Å². The molecule has 0 aromatic heterocycles. The third-order valence-electron chi connectivity index (χ3n) is 4.88. The Balaban J connectivity index is 2.03. The number of carboxylic acids is 1. The number of non-ortho nitro benzene ring substituents is 1. The highest BCUT2D eigenvalue weighted by atomic mass is 16.6. The Bertz CT molecular complexity index is 719. The van der Waals surface area contributed by atoms with E-state index in [2.05, 4.69) is 5.32 Å². The van der Waals surface area contributed by atoms with Crippen molar-refractivity contribution >= 4 is 17.6 Å². The van der Waals surface area contributed by atoms with Gasteiger partial charge in [0.15, 0.2) is 6.61 Å². The highest BCUT2D eigenvalue weighted by Crippen LogP contribution is 2.51. The number of nitrogens with one attached hydrogen (secondary N) is 1. The molecule has 1 aliphatic carbocycles. The van der Waals surface area contributed by atoms with Gasteiger partial charge in [-0.05, 0) is 13.0 Å². The van der Waals surface area contributed by atoms with Crippen LogP contribution in [0.1, 0.15) is 27.2 Å². The molecule has 0 spiro atoms. The maximum Gasteiger partial charge on any atom is 0.330 e. The molecule has 2 unspecified atom stereocenters. The molecule has 0 saturated heterocycles. The Morgan fingerprint density at radius 3 is 2.65 bits per heavy atom. The summed E-state index contributed by atoms with van der Waals surface area (Å²) in [5.41, 5.74) is -2.41. The molecule has 9 heteroatoms. The van der Waals surface area contributed by atoms with E-state index < -0.39 is 34.4 Å². The quantitative estimate of drug-likeness (QED) is 0.530. The van der Waals surface area contributed by atoms with E-state index in [0.717, 1.165) is 0 Å². The van der Waals surface area contributed by atoms with Crippen molar-refractivity contribution in [2.45, 2.75) is 38.8 Å². The molecule has 26 heavy (non-hydrogen) atoms. The highest BCUT2D eigenvalue weighted by molar-refractivity contribution is 5.90. The SMILES string of the molecule is CCOC1CC(NC(=O)COc2cccc([N+](=O)[O-])c2)(C(=O)O)C1(C)C. The van der Waals surface area contributed by atoms with Crippen LogP contribution >= 0.6 is 0 Å². The fraction of sp³-hybridized carbons (Fsp3) is 0.529. The van der Waals surface area contributed by atoms with Gasteiger partial charge in [0.25, 0.3) is 11.6 Å². The zero-order valence-electron chi connectivity index (χ0n) is 14.9. The van der Waals surface area contributed by atoms with Crippen molar-refractivity contribution in [1.82, 2.24) is 5.32 Å². The second-order valence-corrected chi connectivity index (χ2v) is 6.67. The molecule has 1 aliphatic rings. The lowest BCUT2D eigenvalue weighted by atomic mass is 9.54. The molecule has 1 aromatic carbocycles. The van der Waals surface area contributed by atoms with Gasteiger partial charge in [0.05, 0.1) is 17.1 Å². The number of hydrogen-bond donors (Lipinski definition) is 2. The lowest BCUT2D eigenvalue weighted by molar-refractivity contribution is -0.384. The van der Waals surface area contributed by atoms with E-state index in [1.807, 2.05) is 6.92 Å². The zero-order chi connectivity index (χ0) is 19.5. The number of ether oxygens (including phenoxy) is 2. The third kappa shape index (κ3) is 3.48. The smallest absolute Gasteiger partial charge is 0.330 e. The van der Waals surface area contributed by atoms with Crippen LogP contribution in [0.25, 0.3) is 0 Å². The minimum atomic E-state index is -1.45. The molecule has 0 heterocycles. The molecule has 1 fully saturated rings. The molecule has 2 rings (SSSR count). The first kappa shape index (κ1) is 19.6. The summed E-state index contributed by atoms with van der Waals surface area (Å²) in [5.74, 6) is -1.61. The Hall–Kier alpha value is -2.68. The van der Waals surface area contributed by atoms with E-state index in [1.54, 1.807) is 13.8 Å². The van der Waals surface area contributed by atoms with Gasteiger partial charge in [-0.1, -0.05) is 19.9 Å². The predicted octanol–water partition coefficient (Wildman–Crippen LogP) is 1.75. The van der Waals surface area contributed by atoms with Crippen LogP contribution in [0.4, 0.5) is 5.69 Å². The number of carbonyl (C=O) groups is 2. The molecule has 142 valence electrons. The zero-order valence-corrected chi connectivity index (χ0v) is 14.9. The highest BCUT2D eigenvalue weighted by Gasteiger charge is 2.66. The average Bonchev–Trinajstić information content (AvgIpc) is 2.58. The first-order chi connectivity index (χ1) is 12.1. The molecule has 9 nitrogen and oxygen atoms in total. The first-order valence-corrected chi connectivity index (χ1v) is 8.17. The Morgan fingerprint density at radius 2 is 2.12 bits per heavy atom. The van der Waals surface area contributed by atoms with Crippen molar-refractivity contribution < 1.29 is 29.1 Å². The van der Waals surface area contributed by atoms with E-state index in [4.69, 9.17) is 9.47 Å². The monoisotopic (exact) mass is 366 g/mol.